The molecule has 0 aliphatic carbocycles. The van der Waals surface area contributed by atoms with Crippen molar-refractivity contribution in [1.29, 1.82) is 0 Å². The third-order valence-electron chi connectivity index (χ3n) is 3.59. The van der Waals surface area contributed by atoms with Crippen molar-refractivity contribution in [2.24, 2.45) is 7.05 Å². The van der Waals surface area contributed by atoms with E-state index in [1.807, 2.05) is 13.1 Å². The van der Waals surface area contributed by atoms with E-state index in [0.29, 0.717) is 6.42 Å². The minimum Gasteiger partial charge on any atom is -0.292 e. The summed E-state index contributed by atoms with van der Waals surface area (Å²) in [4.78, 5) is 12.1. The van der Waals surface area contributed by atoms with Gasteiger partial charge in [0, 0.05) is 13.5 Å². The Morgan fingerprint density at radius 1 is 1.11 bits per heavy atom. The van der Waals surface area contributed by atoms with Crippen LogP contribution in [-0.4, -0.2) is 15.6 Å². The standard InChI is InChI=1S/C16H28N2O/c1-4-6-7-8-9-10-11-12-16(19)15-13-14(5-2)17-18(15)3/h13H,4-12H2,1-3H3. The number of carbonyl (C=O) groups excluding carboxylic acids is 1. The molecule has 0 amide bonds. The van der Waals surface area contributed by atoms with Crippen molar-refractivity contribution >= 4 is 5.78 Å². The molecule has 0 bridgehead atoms. The molecule has 19 heavy (non-hydrogen) atoms. The number of carbonyl (C=O) groups is 1. The first-order valence-corrected chi connectivity index (χ1v) is 7.75. The van der Waals surface area contributed by atoms with Gasteiger partial charge in [-0.2, -0.15) is 5.10 Å². The van der Waals surface area contributed by atoms with Gasteiger partial charge in [-0.1, -0.05) is 52.4 Å². The predicted octanol–water partition coefficient (Wildman–Crippen LogP) is 4.31. The lowest BCUT2D eigenvalue weighted by Crippen LogP contribution is -2.06. The molecular weight excluding hydrogens is 236 g/mol. The molecule has 0 spiro atoms. The second-order valence-electron chi connectivity index (χ2n) is 5.29. The van der Waals surface area contributed by atoms with Gasteiger partial charge in [0.2, 0.25) is 0 Å². The minimum absolute atomic E-state index is 0.239. The zero-order valence-corrected chi connectivity index (χ0v) is 12.7. The Hall–Kier alpha value is -1.12. The van der Waals surface area contributed by atoms with Crippen LogP contribution >= 0.6 is 0 Å². The van der Waals surface area contributed by atoms with Gasteiger partial charge in [-0.25, -0.2) is 0 Å². The number of nitrogens with zero attached hydrogens (tertiary/aromatic N) is 2. The second-order valence-corrected chi connectivity index (χ2v) is 5.29. The highest BCUT2D eigenvalue weighted by Crippen LogP contribution is 2.12. The van der Waals surface area contributed by atoms with E-state index in [1.165, 1.54) is 38.5 Å². The largest absolute Gasteiger partial charge is 0.292 e. The molecule has 0 radical (unpaired) electrons. The number of aromatic nitrogens is 2. The van der Waals surface area contributed by atoms with Gasteiger partial charge in [-0.05, 0) is 18.9 Å². The average Bonchev–Trinajstić information content (AvgIpc) is 2.79. The third kappa shape index (κ3) is 5.58. The number of hydrogen-bond acceptors (Lipinski definition) is 2. The van der Waals surface area contributed by atoms with Crippen LogP contribution in [0.5, 0.6) is 0 Å². The first-order valence-electron chi connectivity index (χ1n) is 7.75. The molecule has 0 aromatic carbocycles. The molecule has 0 N–H and O–H groups in total. The Morgan fingerprint density at radius 2 is 1.74 bits per heavy atom. The minimum atomic E-state index is 0.239. The van der Waals surface area contributed by atoms with Crippen LogP contribution in [0, 0.1) is 0 Å². The maximum absolute atomic E-state index is 12.1. The predicted molar refractivity (Wildman–Crippen MR) is 79.5 cm³/mol. The van der Waals surface area contributed by atoms with Crippen LogP contribution in [0.25, 0.3) is 0 Å². The first kappa shape index (κ1) is 15.9. The molecule has 0 saturated heterocycles. The lowest BCUT2D eigenvalue weighted by atomic mass is 10.1. The summed E-state index contributed by atoms with van der Waals surface area (Å²) in [5.74, 6) is 0.239. The summed E-state index contributed by atoms with van der Waals surface area (Å²) in [7, 11) is 1.86. The molecule has 1 heterocycles. The highest BCUT2D eigenvalue weighted by atomic mass is 16.1. The van der Waals surface area contributed by atoms with E-state index in [0.717, 1.165) is 24.2 Å². The summed E-state index contributed by atoms with van der Waals surface area (Å²) in [6, 6.07) is 1.93. The molecule has 1 rings (SSSR count). The fourth-order valence-corrected chi connectivity index (χ4v) is 2.33. The zero-order chi connectivity index (χ0) is 14.1. The Morgan fingerprint density at radius 3 is 2.32 bits per heavy atom. The normalized spacial score (nSPS) is 10.9. The molecule has 0 unspecified atom stereocenters. The van der Waals surface area contributed by atoms with Crippen LogP contribution in [-0.2, 0) is 13.5 Å². The summed E-state index contributed by atoms with van der Waals surface area (Å²) in [6.45, 7) is 4.30. The van der Waals surface area contributed by atoms with Crippen molar-refractivity contribution in [2.75, 3.05) is 0 Å². The van der Waals surface area contributed by atoms with Gasteiger partial charge in [0.25, 0.3) is 0 Å². The fraction of sp³-hybridized carbons (Fsp3) is 0.750. The van der Waals surface area contributed by atoms with Gasteiger partial charge >= 0.3 is 0 Å². The van der Waals surface area contributed by atoms with E-state index < -0.39 is 0 Å². The maximum Gasteiger partial charge on any atom is 0.180 e. The molecule has 0 aliphatic heterocycles. The number of ketones is 1. The molecular formula is C16H28N2O. The maximum atomic E-state index is 12.1. The van der Waals surface area contributed by atoms with E-state index in [9.17, 15) is 4.79 Å². The van der Waals surface area contributed by atoms with E-state index in [4.69, 9.17) is 0 Å². The summed E-state index contributed by atoms with van der Waals surface area (Å²) in [5, 5.41) is 4.32. The summed E-state index contributed by atoms with van der Waals surface area (Å²) >= 11 is 0. The Bertz CT molecular complexity index is 382. The van der Waals surface area contributed by atoms with Gasteiger partial charge in [-0.3, -0.25) is 9.48 Å². The number of aryl methyl sites for hydroxylation is 2. The number of Topliss-reactive ketones (excluding diaryl/α,β-unsaturated/α-hetero) is 1. The molecule has 3 heteroatoms. The Balaban J connectivity index is 2.22. The zero-order valence-electron chi connectivity index (χ0n) is 12.7. The molecule has 0 saturated carbocycles. The van der Waals surface area contributed by atoms with E-state index >= 15 is 0 Å². The smallest absolute Gasteiger partial charge is 0.180 e. The number of rotatable bonds is 10. The molecule has 0 atom stereocenters. The molecule has 108 valence electrons. The van der Waals surface area contributed by atoms with Crippen LogP contribution in [0.2, 0.25) is 0 Å². The molecule has 3 nitrogen and oxygen atoms in total. The third-order valence-corrected chi connectivity index (χ3v) is 3.59. The van der Waals surface area contributed by atoms with Gasteiger partial charge in [0.15, 0.2) is 5.78 Å². The van der Waals surface area contributed by atoms with Crippen molar-refractivity contribution in [3.63, 3.8) is 0 Å². The highest BCUT2D eigenvalue weighted by Gasteiger charge is 2.11. The monoisotopic (exact) mass is 264 g/mol. The molecule has 0 fully saturated rings. The van der Waals surface area contributed by atoms with Gasteiger partial charge < -0.3 is 0 Å². The van der Waals surface area contributed by atoms with Crippen molar-refractivity contribution in [3.05, 3.63) is 17.5 Å². The van der Waals surface area contributed by atoms with Crippen LogP contribution in [0.3, 0.4) is 0 Å². The van der Waals surface area contributed by atoms with Crippen molar-refractivity contribution in [3.8, 4) is 0 Å². The first-order chi connectivity index (χ1) is 9.19. The lowest BCUT2D eigenvalue weighted by molar-refractivity contribution is 0.0970. The number of hydrogen-bond donors (Lipinski definition) is 0. The van der Waals surface area contributed by atoms with Crippen LogP contribution in [0.1, 0.15) is 81.4 Å². The van der Waals surface area contributed by atoms with Crippen LogP contribution in [0.15, 0.2) is 6.07 Å². The molecule has 1 aromatic heterocycles. The topological polar surface area (TPSA) is 34.9 Å². The van der Waals surface area contributed by atoms with Crippen LogP contribution in [0.4, 0.5) is 0 Å². The van der Waals surface area contributed by atoms with E-state index in [2.05, 4.69) is 18.9 Å². The molecule has 1 aromatic rings. The van der Waals surface area contributed by atoms with Gasteiger partial charge in [-0.15, -0.1) is 0 Å². The highest BCUT2D eigenvalue weighted by molar-refractivity contribution is 5.94. The Kier molecular flexibility index (Phi) is 7.46. The molecule has 0 aliphatic rings. The fourth-order valence-electron chi connectivity index (χ4n) is 2.33. The average molecular weight is 264 g/mol. The van der Waals surface area contributed by atoms with Gasteiger partial charge in [0.05, 0.1) is 5.69 Å². The van der Waals surface area contributed by atoms with Gasteiger partial charge in [0.1, 0.15) is 5.69 Å². The SMILES string of the molecule is CCCCCCCCCC(=O)c1cc(CC)nn1C. The summed E-state index contributed by atoms with van der Waals surface area (Å²) < 4.78 is 1.72. The Labute approximate surface area is 117 Å². The summed E-state index contributed by atoms with van der Waals surface area (Å²) in [5.41, 5.74) is 1.77. The number of unbranched alkanes of at least 4 members (excludes halogenated alkanes) is 6. The van der Waals surface area contributed by atoms with Crippen molar-refractivity contribution in [2.45, 2.75) is 71.6 Å². The van der Waals surface area contributed by atoms with Crippen LogP contribution < -0.4 is 0 Å². The second kappa shape index (κ2) is 8.89. The van der Waals surface area contributed by atoms with Crippen molar-refractivity contribution in [1.82, 2.24) is 9.78 Å². The van der Waals surface area contributed by atoms with Crippen molar-refractivity contribution < 1.29 is 4.79 Å². The van der Waals surface area contributed by atoms with E-state index in [-0.39, 0.29) is 5.78 Å². The summed E-state index contributed by atoms with van der Waals surface area (Å²) in [6.07, 6.45) is 10.3. The quantitative estimate of drug-likeness (QED) is 0.466. The lowest BCUT2D eigenvalue weighted by Gasteiger charge is -2.02. The van der Waals surface area contributed by atoms with E-state index in [1.54, 1.807) is 4.68 Å².